The van der Waals surface area contributed by atoms with Gasteiger partial charge in [0.1, 0.15) is 0 Å². The van der Waals surface area contributed by atoms with Crippen LogP contribution in [0.2, 0.25) is 0 Å². The van der Waals surface area contributed by atoms with Crippen molar-refractivity contribution in [3.05, 3.63) is 60.2 Å². The van der Waals surface area contributed by atoms with E-state index in [0.717, 1.165) is 25.3 Å². The quantitative estimate of drug-likeness (QED) is 0.825. The summed E-state index contributed by atoms with van der Waals surface area (Å²) in [6.45, 7) is 7.38. The highest BCUT2D eigenvalue weighted by Gasteiger charge is 2.23. The summed E-state index contributed by atoms with van der Waals surface area (Å²) in [5.74, 6) is 0.344. The van der Waals surface area contributed by atoms with Gasteiger partial charge in [-0.15, -0.1) is 0 Å². The van der Waals surface area contributed by atoms with E-state index in [-0.39, 0.29) is 0 Å². The average molecular weight is 293 g/mol. The largest absolute Gasteiger partial charge is 0.372 e. The van der Waals surface area contributed by atoms with Gasteiger partial charge in [0.2, 0.25) is 0 Å². The van der Waals surface area contributed by atoms with Crippen molar-refractivity contribution in [3.8, 4) is 0 Å². The number of hydrogen-bond acceptors (Lipinski definition) is 3. The standard InChI is InChI=1S/C19H23N3/c1-3-21(4-2)19-13-9-8-12-18(19)16-14-20-22(15-16)17-10-6-5-7-11-17/h5-14,16H,3-4,15H2,1-2H3. The third-order valence-electron chi connectivity index (χ3n) is 4.25. The van der Waals surface area contributed by atoms with Crippen LogP contribution in [0.1, 0.15) is 25.3 Å². The first kappa shape index (κ1) is 14.6. The van der Waals surface area contributed by atoms with Gasteiger partial charge in [-0.3, -0.25) is 5.01 Å². The first-order chi connectivity index (χ1) is 10.8. The second-order valence-corrected chi connectivity index (χ2v) is 5.52. The molecule has 2 aromatic rings. The molecule has 1 aliphatic heterocycles. The van der Waals surface area contributed by atoms with Crippen LogP contribution < -0.4 is 9.91 Å². The normalized spacial score (nSPS) is 17.0. The van der Waals surface area contributed by atoms with Crippen molar-refractivity contribution in [1.82, 2.24) is 0 Å². The summed E-state index contributed by atoms with van der Waals surface area (Å²) in [7, 11) is 0. The Morgan fingerprint density at radius 1 is 1.00 bits per heavy atom. The molecule has 0 saturated carbocycles. The van der Waals surface area contributed by atoms with Crippen molar-refractivity contribution in [2.75, 3.05) is 29.5 Å². The van der Waals surface area contributed by atoms with Crippen LogP contribution >= 0.6 is 0 Å². The predicted molar refractivity (Wildman–Crippen MR) is 95.0 cm³/mol. The highest BCUT2D eigenvalue weighted by atomic mass is 15.5. The van der Waals surface area contributed by atoms with Crippen molar-refractivity contribution in [2.45, 2.75) is 19.8 Å². The molecule has 3 heteroatoms. The Bertz CT molecular complexity index is 632. The van der Waals surface area contributed by atoms with Crippen molar-refractivity contribution < 1.29 is 0 Å². The molecule has 0 aromatic heterocycles. The molecule has 22 heavy (non-hydrogen) atoms. The summed E-state index contributed by atoms with van der Waals surface area (Å²) in [4.78, 5) is 2.41. The van der Waals surface area contributed by atoms with Crippen LogP contribution in [0, 0.1) is 0 Å². The molecule has 0 bridgehead atoms. The third kappa shape index (κ3) is 2.84. The van der Waals surface area contributed by atoms with Gasteiger partial charge in [0.25, 0.3) is 0 Å². The Hall–Kier alpha value is -2.29. The second-order valence-electron chi connectivity index (χ2n) is 5.52. The molecule has 0 radical (unpaired) electrons. The molecular formula is C19H23N3. The first-order valence-electron chi connectivity index (χ1n) is 8.04. The lowest BCUT2D eigenvalue weighted by molar-refractivity contribution is 0.823. The fraction of sp³-hybridized carbons (Fsp3) is 0.316. The molecule has 0 amide bonds. The number of nitrogens with zero attached hydrogens (tertiary/aromatic N) is 3. The lowest BCUT2D eigenvalue weighted by Crippen LogP contribution is -2.25. The van der Waals surface area contributed by atoms with Gasteiger partial charge < -0.3 is 4.90 Å². The number of rotatable bonds is 5. The highest BCUT2D eigenvalue weighted by Crippen LogP contribution is 2.31. The van der Waals surface area contributed by atoms with E-state index in [4.69, 9.17) is 0 Å². The zero-order chi connectivity index (χ0) is 15.4. The minimum atomic E-state index is 0.344. The monoisotopic (exact) mass is 293 g/mol. The Labute approximate surface area is 132 Å². The Morgan fingerprint density at radius 2 is 1.68 bits per heavy atom. The summed E-state index contributed by atoms with van der Waals surface area (Å²) in [6.07, 6.45) is 2.08. The molecule has 1 atom stereocenters. The molecule has 3 rings (SSSR count). The summed E-state index contributed by atoms with van der Waals surface area (Å²) in [5.41, 5.74) is 3.86. The van der Waals surface area contributed by atoms with Gasteiger partial charge in [-0.05, 0) is 37.6 Å². The number of anilines is 2. The molecule has 0 fully saturated rings. The second kappa shape index (κ2) is 6.65. The van der Waals surface area contributed by atoms with Gasteiger partial charge >= 0.3 is 0 Å². The lowest BCUT2D eigenvalue weighted by atomic mass is 9.98. The fourth-order valence-electron chi connectivity index (χ4n) is 3.05. The van der Waals surface area contributed by atoms with Gasteiger partial charge in [-0.1, -0.05) is 36.4 Å². The fourth-order valence-corrected chi connectivity index (χ4v) is 3.05. The zero-order valence-corrected chi connectivity index (χ0v) is 13.3. The van der Waals surface area contributed by atoms with Gasteiger partial charge in [0.15, 0.2) is 0 Å². The molecule has 114 valence electrons. The number of hydrazone groups is 1. The summed E-state index contributed by atoms with van der Waals surface area (Å²) >= 11 is 0. The molecule has 0 saturated heterocycles. The molecule has 0 spiro atoms. The maximum atomic E-state index is 4.61. The first-order valence-corrected chi connectivity index (χ1v) is 8.04. The predicted octanol–water partition coefficient (Wildman–Crippen LogP) is 4.12. The molecule has 2 aromatic carbocycles. The van der Waals surface area contributed by atoms with Crippen LogP contribution in [0.15, 0.2) is 59.7 Å². The number of hydrogen-bond donors (Lipinski definition) is 0. The van der Waals surface area contributed by atoms with E-state index in [1.54, 1.807) is 0 Å². The van der Waals surface area contributed by atoms with E-state index in [2.05, 4.69) is 83.6 Å². The van der Waals surface area contributed by atoms with Crippen LogP contribution in [0.5, 0.6) is 0 Å². The van der Waals surface area contributed by atoms with E-state index in [1.165, 1.54) is 11.3 Å². The van der Waals surface area contributed by atoms with Crippen molar-refractivity contribution in [3.63, 3.8) is 0 Å². The third-order valence-corrected chi connectivity index (χ3v) is 4.25. The topological polar surface area (TPSA) is 18.8 Å². The number of benzene rings is 2. The van der Waals surface area contributed by atoms with Crippen LogP contribution in [-0.4, -0.2) is 25.8 Å². The van der Waals surface area contributed by atoms with Gasteiger partial charge in [0.05, 0.1) is 12.2 Å². The van der Waals surface area contributed by atoms with E-state index in [9.17, 15) is 0 Å². The molecule has 0 aliphatic carbocycles. The molecule has 0 N–H and O–H groups in total. The molecule has 3 nitrogen and oxygen atoms in total. The highest BCUT2D eigenvalue weighted by molar-refractivity contribution is 5.77. The molecular weight excluding hydrogens is 270 g/mol. The molecule has 1 heterocycles. The summed E-state index contributed by atoms with van der Waals surface area (Å²) in [6, 6.07) is 19.1. The van der Waals surface area contributed by atoms with Crippen LogP contribution in [0.25, 0.3) is 0 Å². The minimum Gasteiger partial charge on any atom is -0.372 e. The van der Waals surface area contributed by atoms with E-state index in [1.807, 2.05) is 6.07 Å². The van der Waals surface area contributed by atoms with E-state index in [0.29, 0.717) is 5.92 Å². The van der Waals surface area contributed by atoms with Crippen LogP contribution in [-0.2, 0) is 0 Å². The van der Waals surface area contributed by atoms with Crippen molar-refractivity contribution in [2.24, 2.45) is 5.10 Å². The Kier molecular flexibility index (Phi) is 4.42. The van der Waals surface area contributed by atoms with E-state index < -0.39 is 0 Å². The average Bonchev–Trinajstić information content (AvgIpc) is 3.07. The van der Waals surface area contributed by atoms with Crippen LogP contribution in [0.4, 0.5) is 11.4 Å². The maximum absolute atomic E-state index is 4.61. The molecule has 1 unspecified atom stereocenters. The summed E-state index contributed by atoms with van der Waals surface area (Å²) < 4.78 is 0. The van der Waals surface area contributed by atoms with Crippen molar-refractivity contribution >= 4 is 17.6 Å². The minimum absolute atomic E-state index is 0.344. The Balaban J connectivity index is 1.84. The van der Waals surface area contributed by atoms with Gasteiger partial charge in [-0.2, -0.15) is 5.10 Å². The lowest BCUT2D eigenvalue weighted by Gasteiger charge is -2.26. The van der Waals surface area contributed by atoms with Gasteiger partial charge in [-0.25, -0.2) is 0 Å². The van der Waals surface area contributed by atoms with Gasteiger partial charge in [0, 0.05) is 30.9 Å². The SMILES string of the molecule is CCN(CC)c1ccccc1C1C=NN(c2ccccc2)C1. The summed E-state index contributed by atoms with van der Waals surface area (Å²) in [5, 5.41) is 6.69. The van der Waals surface area contributed by atoms with E-state index >= 15 is 0 Å². The number of para-hydroxylation sites is 2. The Morgan fingerprint density at radius 3 is 2.41 bits per heavy atom. The van der Waals surface area contributed by atoms with Crippen molar-refractivity contribution in [1.29, 1.82) is 0 Å². The maximum Gasteiger partial charge on any atom is 0.0594 e. The molecule has 1 aliphatic rings. The van der Waals surface area contributed by atoms with Crippen LogP contribution in [0.3, 0.4) is 0 Å². The smallest absolute Gasteiger partial charge is 0.0594 e. The zero-order valence-electron chi connectivity index (χ0n) is 13.3.